The highest BCUT2D eigenvalue weighted by molar-refractivity contribution is 7.98. The summed E-state index contributed by atoms with van der Waals surface area (Å²) in [7, 11) is -1.31. The summed E-state index contributed by atoms with van der Waals surface area (Å²) in [4.78, 5) is 18.8. The Bertz CT molecular complexity index is 1960. The number of carbonyl (C=O) groups excluding carboxylic acids is 1. The van der Waals surface area contributed by atoms with Crippen molar-refractivity contribution in [2.24, 2.45) is 18.4 Å². The SMILES string of the molecule is C=S(=O)(c1ccn(C)n1)N(CC1CC1)[C@H]1CCC2=Cc3c(cnn3-c3ccc(F)cc3)C[C@]2(C(=O)c2cc(C(F)(F)F)ccn2)C1. The lowest BCUT2D eigenvalue weighted by Crippen LogP contribution is -2.51. The standard InChI is InChI=1S/C33H32F4N6O2S/c1-41-14-12-30(40-41)46(2,45)42(20-21-3-4-21)27-8-5-23-16-29-22(19-39-43(29)26-9-6-25(34)7-10-26)17-32(23,18-27)31(44)28-15-24(11-13-38-28)33(35,36)37/h6-7,9-16,19,21,27H,2-5,8,17-18,20H2,1H3/t27-,32-,46?/m0/s1. The quantitative estimate of drug-likeness (QED) is 0.134. The number of benzene rings is 1. The summed E-state index contributed by atoms with van der Waals surface area (Å²) in [5, 5.41) is 9.31. The Morgan fingerprint density at radius 1 is 1.15 bits per heavy atom. The van der Waals surface area contributed by atoms with E-state index in [-0.39, 0.29) is 30.4 Å². The van der Waals surface area contributed by atoms with Gasteiger partial charge in [0.05, 0.1) is 38.3 Å². The molecule has 1 aromatic carbocycles. The Kier molecular flexibility index (Phi) is 7.31. The van der Waals surface area contributed by atoms with Crippen LogP contribution < -0.4 is 0 Å². The van der Waals surface area contributed by atoms with Crippen molar-refractivity contribution in [3.8, 4) is 5.69 Å². The number of nitrogens with zero attached hydrogens (tertiary/aromatic N) is 6. The summed E-state index contributed by atoms with van der Waals surface area (Å²) in [5.74, 6) is 3.59. The number of ketones is 1. The number of fused-ring (bicyclic) bond motifs is 2. The van der Waals surface area contributed by atoms with Gasteiger partial charge in [-0.2, -0.15) is 23.4 Å². The van der Waals surface area contributed by atoms with Crippen molar-refractivity contribution in [2.45, 2.75) is 55.8 Å². The second-order valence-electron chi connectivity index (χ2n) is 12.5. The molecule has 240 valence electrons. The smallest absolute Gasteiger partial charge is 0.291 e. The van der Waals surface area contributed by atoms with Crippen LogP contribution in [0.25, 0.3) is 11.8 Å². The van der Waals surface area contributed by atoms with Crippen LogP contribution in [-0.2, 0) is 29.4 Å². The monoisotopic (exact) mass is 652 g/mol. The first-order chi connectivity index (χ1) is 21.8. The van der Waals surface area contributed by atoms with Crippen LogP contribution in [-0.4, -0.2) is 57.3 Å². The molecule has 0 radical (unpaired) electrons. The molecule has 13 heteroatoms. The number of rotatable bonds is 8. The minimum atomic E-state index is -4.65. The minimum Gasteiger partial charge on any atom is -0.291 e. The summed E-state index contributed by atoms with van der Waals surface area (Å²) in [6.07, 6.45) is 4.97. The molecule has 3 aliphatic rings. The number of aryl methyl sites for hydroxylation is 1. The molecule has 0 aliphatic heterocycles. The first kappa shape index (κ1) is 30.5. The van der Waals surface area contributed by atoms with Gasteiger partial charge in [0, 0.05) is 32.0 Å². The van der Waals surface area contributed by atoms with Crippen LogP contribution in [0.4, 0.5) is 17.6 Å². The van der Waals surface area contributed by atoms with Gasteiger partial charge in [-0.05, 0) is 104 Å². The van der Waals surface area contributed by atoms with Crippen LogP contribution in [0.15, 0.2) is 71.7 Å². The molecule has 3 atom stereocenters. The van der Waals surface area contributed by atoms with Crippen LogP contribution in [0.1, 0.15) is 59.4 Å². The maximum Gasteiger partial charge on any atom is 0.416 e. The van der Waals surface area contributed by atoms with Crippen molar-refractivity contribution in [1.82, 2.24) is 28.9 Å². The number of halogens is 4. The first-order valence-corrected chi connectivity index (χ1v) is 16.8. The number of Topliss-reactive ketones (excluding diaryl/α,β-unsaturated/α-hetero) is 1. The van der Waals surface area contributed by atoms with Gasteiger partial charge in [-0.15, -0.1) is 0 Å². The van der Waals surface area contributed by atoms with E-state index in [9.17, 15) is 26.6 Å². The number of pyridine rings is 1. The first-order valence-electron chi connectivity index (χ1n) is 15.1. The molecule has 2 saturated carbocycles. The molecule has 8 nitrogen and oxygen atoms in total. The van der Waals surface area contributed by atoms with Gasteiger partial charge in [-0.3, -0.25) is 14.5 Å². The highest BCUT2D eigenvalue weighted by Crippen LogP contribution is 2.52. The van der Waals surface area contributed by atoms with Crippen molar-refractivity contribution in [3.05, 3.63) is 95.0 Å². The number of hydrogen-bond donors (Lipinski definition) is 0. The average molecular weight is 653 g/mol. The van der Waals surface area contributed by atoms with Gasteiger partial charge in [-0.1, -0.05) is 5.57 Å². The third kappa shape index (κ3) is 5.38. The lowest BCUT2D eigenvalue weighted by molar-refractivity contribution is -0.137. The van der Waals surface area contributed by atoms with Gasteiger partial charge in [-0.25, -0.2) is 17.6 Å². The molecule has 3 aliphatic carbocycles. The maximum absolute atomic E-state index is 14.6. The Balaban J connectivity index is 1.33. The molecular formula is C33H32F4N6O2S. The summed E-state index contributed by atoms with van der Waals surface area (Å²) in [5.41, 5.74) is 0.355. The molecule has 0 saturated heterocycles. The van der Waals surface area contributed by atoms with Gasteiger partial charge >= 0.3 is 6.18 Å². The maximum atomic E-state index is 14.6. The van der Waals surface area contributed by atoms with Crippen molar-refractivity contribution in [1.29, 1.82) is 0 Å². The van der Waals surface area contributed by atoms with E-state index in [1.54, 1.807) is 47.0 Å². The molecule has 0 N–H and O–H groups in total. The van der Waals surface area contributed by atoms with Gasteiger partial charge in [0.2, 0.25) is 0 Å². The van der Waals surface area contributed by atoms with E-state index in [1.807, 2.05) is 10.4 Å². The summed E-state index contributed by atoms with van der Waals surface area (Å²) < 4.78 is 74.5. The fourth-order valence-corrected chi connectivity index (χ4v) is 8.73. The van der Waals surface area contributed by atoms with Crippen LogP contribution >= 0.6 is 0 Å². The van der Waals surface area contributed by atoms with Gasteiger partial charge in [0.1, 0.15) is 11.5 Å². The fourth-order valence-electron chi connectivity index (χ4n) is 6.84. The van der Waals surface area contributed by atoms with E-state index in [0.717, 1.165) is 48.0 Å². The number of allylic oxidation sites excluding steroid dienone is 1. The Hall–Kier alpha value is -4.10. The molecule has 7 rings (SSSR count). The van der Waals surface area contributed by atoms with Crippen LogP contribution in [0.2, 0.25) is 0 Å². The summed E-state index contributed by atoms with van der Waals surface area (Å²) in [6.45, 7) is 0.516. The van der Waals surface area contributed by atoms with E-state index in [1.165, 1.54) is 12.1 Å². The lowest BCUT2D eigenvalue weighted by Gasteiger charge is -2.47. The van der Waals surface area contributed by atoms with Gasteiger partial charge in [0.25, 0.3) is 0 Å². The third-order valence-corrected chi connectivity index (χ3v) is 11.5. The minimum absolute atomic E-state index is 0.168. The molecule has 1 unspecified atom stereocenters. The summed E-state index contributed by atoms with van der Waals surface area (Å²) in [6, 6.07) is 8.87. The second-order valence-corrected chi connectivity index (χ2v) is 14.7. The molecule has 4 aromatic rings. The molecule has 0 bridgehead atoms. The average Bonchev–Trinajstić information content (AvgIpc) is 3.60. The summed E-state index contributed by atoms with van der Waals surface area (Å²) >= 11 is 0. The van der Waals surface area contributed by atoms with Crippen LogP contribution in [0.5, 0.6) is 0 Å². The molecule has 3 aromatic heterocycles. The fraction of sp³-hybridized carbons (Fsp3) is 0.364. The van der Waals surface area contributed by atoms with Gasteiger partial charge < -0.3 is 0 Å². The Morgan fingerprint density at radius 2 is 1.91 bits per heavy atom. The highest BCUT2D eigenvalue weighted by Gasteiger charge is 2.52. The predicted octanol–water partition coefficient (Wildman–Crippen LogP) is 5.92. The van der Waals surface area contributed by atoms with E-state index >= 15 is 0 Å². The molecule has 3 heterocycles. The van der Waals surface area contributed by atoms with E-state index < -0.39 is 32.6 Å². The number of alkyl halides is 3. The zero-order valence-electron chi connectivity index (χ0n) is 25.1. The topological polar surface area (TPSA) is 85.9 Å². The van der Waals surface area contributed by atoms with Crippen molar-refractivity contribution < 1.29 is 26.6 Å². The zero-order chi connectivity index (χ0) is 32.4. The molecule has 0 spiro atoms. The van der Waals surface area contributed by atoms with E-state index in [4.69, 9.17) is 0 Å². The van der Waals surface area contributed by atoms with Gasteiger partial charge in [0.15, 0.2) is 10.8 Å². The number of hydrogen-bond acceptors (Lipinski definition) is 5. The second kappa shape index (κ2) is 11.0. The lowest BCUT2D eigenvalue weighted by atomic mass is 9.60. The van der Waals surface area contributed by atoms with Crippen molar-refractivity contribution in [3.63, 3.8) is 0 Å². The molecule has 46 heavy (non-hydrogen) atoms. The van der Waals surface area contributed by atoms with Crippen molar-refractivity contribution >= 4 is 27.4 Å². The highest BCUT2D eigenvalue weighted by atomic mass is 32.2. The zero-order valence-corrected chi connectivity index (χ0v) is 25.9. The third-order valence-electron chi connectivity index (χ3n) is 9.40. The Labute approximate surface area is 263 Å². The van der Waals surface area contributed by atoms with E-state index in [0.29, 0.717) is 36.0 Å². The van der Waals surface area contributed by atoms with E-state index in [2.05, 4.69) is 21.1 Å². The normalized spacial score (nSPS) is 22.6. The number of aromatic nitrogens is 5. The largest absolute Gasteiger partial charge is 0.416 e. The number of carbonyl (C=O) groups is 1. The predicted molar refractivity (Wildman–Crippen MR) is 165 cm³/mol. The molecular weight excluding hydrogens is 620 g/mol. The van der Waals surface area contributed by atoms with Crippen LogP contribution in [0.3, 0.4) is 0 Å². The Morgan fingerprint density at radius 3 is 2.59 bits per heavy atom. The molecule has 2 fully saturated rings. The van der Waals surface area contributed by atoms with Crippen molar-refractivity contribution in [2.75, 3.05) is 6.54 Å². The van der Waals surface area contributed by atoms with Crippen LogP contribution in [0, 0.1) is 17.2 Å². The molecule has 0 amide bonds.